The van der Waals surface area contributed by atoms with E-state index in [9.17, 15) is 9.90 Å². The van der Waals surface area contributed by atoms with Gasteiger partial charge < -0.3 is 10.0 Å². The minimum absolute atomic E-state index is 0.208. The number of aromatic amines is 1. The third kappa shape index (κ3) is 2.10. The fourth-order valence-corrected chi connectivity index (χ4v) is 2.67. The van der Waals surface area contributed by atoms with Crippen molar-refractivity contribution in [2.24, 2.45) is 5.92 Å². The Morgan fingerprint density at radius 2 is 2.42 bits per heavy atom. The van der Waals surface area contributed by atoms with Crippen LogP contribution >= 0.6 is 0 Å². The number of aliphatic hydroxyl groups excluding tert-OH is 1. The van der Waals surface area contributed by atoms with Gasteiger partial charge in [0, 0.05) is 25.8 Å². The zero-order chi connectivity index (χ0) is 13.4. The van der Waals surface area contributed by atoms with Gasteiger partial charge in [-0.25, -0.2) is 19.3 Å². The molecule has 0 spiro atoms. The lowest BCUT2D eigenvalue weighted by Crippen LogP contribution is -2.37. The first-order valence-corrected chi connectivity index (χ1v) is 6.49. The van der Waals surface area contributed by atoms with Gasteiger partial charge in [0.05, 0.1) is 0 Å². The van der Waals surface area contributed by atoms with Gasteiger partial charge in [0.25, 0.3) is 0 Å². The Bertz CT molecular complexity index is 647. The third-order valence-electron chi connectivity index (χ3n) is 3.66. The summed E-state index contributed by atoms with van der Waals surface area (Å²) in [6, 6.07) is 1.81. The molecule has 1 atom stereocenters. The Labute approximate surface area is 109 Å². The molecular formula is C12H17N5O2. The number of rotatable bonds is 2. The van der Waals surface area contributed by atoms with Crippen LogP contribution in [0, 0.1) is 12.8 Å². The molecule has 19 heavy (non-hydrogen) atoms. The number of hydrogen-bond donors (Lipinski definition) is 2. The second kappa shape index (κ2) is 4.65. The maximum atomic E-state index is 11.5. The number of nitrogens with one attached hydrogen (secondary N) is 1. The first-order chi connectivity index (χ1) is 9.19. The summed E-state index contributed by atoms with van der Waals surface area (Å²) in [4.78, 5) is 18.2. The highest BCUT2D eigenvalue weighted by Crippen LogP contribution is 2.22. The van der Waals surface area contributed by atoms with Crippen LogP contribution in [0.2, 0.25) is 0 Å². The largest absolute Gasteiger partial charge is 0.396 e. The maximum Gasteiger partial charge on any atom is 0.349 e. The van der Waals surface area contributed by atoms with E-state index in [4.69, 9.17) is 0 Å². The lowest BCUT2D eigenvalue weighted by atomic mass is 9.99. The number of anilines is 1. The Balaban J connectivity index is 1.98. The van der Waals surface area contributed by atoms with Crippen molar-refractivity contribution in [3.8, 4) is 0 Å². The van der Waals surface area contributed by atoms with E-state index in [0.29, 0.717) is 17.4 Å². The smallest absolute Gasteiger partial charge is 0.349 e. The van der Waals surface area contributed by atoms with Crippen molar-refractivity contribution in [3.05, 3.63) is 22.4 Å². The molecule has 2 N–H and O–H groups in total. The zero-order valence-electron chi connectivity index (χ0n) is 10.8. The lowest BCUT2D eigenvalue weighted by Gasteiger charge is -2.32. The lowest BCUT2D eigenvalue weighted by molar-refractivity contribution is 0.208. The van der Waals surface area contributed by atoms with Crippen molar-refractivity contribution in [2.75, 3.05) is 24.6 Å². The predicted molar refractivity (Wildman–Crippen MR) is 70.4 cm³/mol. The molecule has 7 nitrogen and oxygen atoms in total. The molecule has 1 aliphatic heterocycles. The van der Waals surface area contributed by atoms with Crippen molar-refractivity contribution < 1.29 is 5.11 Å². The summed E-state index contributed by atoms with van der Waals surface area (Å²) in [5.41, 5.74) is 0.317. The van der Waals surface area contributed by atoms with E-state index in [1.165, 1.54) is 4.40 Å². The number of aliphatic hydroxyl groups is 1. The average molecular weight is 263 g/mol. The minimum Gasteiger partial charge on any atom is -0.396 e. The van der Waals surface area contributed by atoms with Crippen LogP contribution in [-0.4, -0.2) is 44.4 Å². The van der Waals surface area contributed by atoms with Crippen molar-refractivity contribution in [1.29, 1.82) is 0 Å². The van der Waals surface area contributed by atoms with Crippen molar-refractivity contribution in [1.82, 2.24) is 19.6 Å². The highest BCUT2D eigenvalue weighted by atomic mass is 16.3. The van der Waals surface area contributed by atoms with Crippen LogP contribution in [0.3, 0.4) is 0 Å². The normalized spacial score (nSPS) is 20.1. The van der Waals surface area contributed by atoms with Gasteiger partial charge in [0.2, 0.25) is 0 Å². The van der Waals surface area contributed by atoms with Gasteiger partial charge in [0.15, 0.2) is 5.65 Å². The molecule has 1 fully saturated rings. The third-order valence-corrected chi connectivity index (χ3v) is 3.66. The van der Waals surface area contributed by atoms with Crippen LogP contribution < -0.4 is 10.6 Å². The molecule has 7 heteroatoms. The van der Waals surface area contributed by atoms with Gasteiger partial charge in [-0.1, -0.05) is 0 Å². The van der Waals surface area contributed by atoms with Crippen LogP contribution in [0.15, 0.2) is 10.9 Å². The number of hydrogen-bond acceptors (Lipinski definition) is 5. The van der Waals surface area contributed by atoms with Crippen LogP contribution in [0.25, 0.3) is 5.65 Å². The molecule has 1 saturated heterocycles. The van der Waals surface area contributed by atoms with E-state index in [-0.39, 0.29) is 12.3 Å². The summed E-state index contributed by atoms with van der Waals surface area (Å²) >= 11 is 0. The average Bonchev–Trinajstić information content (AvgIpc) is 2.81. The van der Waals surface area contributed by atoms with E-state index in [1.54, 1.807) is 6.92 Å². The number of nitrogens with zero attached hydrogens (tertiary/aromatic N) is 4. The number of H-pyrrole nitrogens is 1. The molecule has 2 aromatic heterocycles. The first-order valence-electron chi connectivity index (χ1n) is 6.49. The predicted octanol–water partition coefficient (Wildman–Crippen LogP) is -0.0653. The van der Waals surface area contributed by atoms with E-state index in [1.807, 2.05) is 6.07 Å². The minimum atomic E-state index is -0.265. The Kier molecular flexibility index (Phi) is 2.98. The summed E-state index contributed by atoms with van der Waals surface area (Å²) in [5.74, 6) is 1.74. The van der Waals surface area contributed by atoms with E-state index < -0.39 is 0 Å². The Morgan fingerprint density at radius 3 is 3.21 bits per heavy atom. The van der Waals surface area contributed by atoms with Gasteiger partial charge in [-0.3, -0.25) is 0 Å². The van der Waals surface area contributed by atoms with Crippen molar-refractivity contribution in [2.45, 2.75) is 19.8 Å². The fraction of sp³-hybridized carbons (Fsp3) is 0.583. The summed E-state index contributed by atoms with van der Waals surface area (Å²) in [5, 5.41) is 15.7. The summed E-state index contributed by atoms with van der Waals surface area (Å²) in [7, 11) is 0. The Morgan fingerprint density at radius 1 is 1.58 bits per heavy atom. The fourth-order valence-electron chi connectivity index (χ4n) is 2.67. The molecule has 102 valence electrons. The van der Waals surface area contributed by atoms with Gasteiger partial charge in [-0.15, -0.1) is 0 Å². The molecule has 1 unspecified atom stereocenters. The number of fused-ring (bicyclic) bond motifs is 1. The molecule has 0 amide bonds. The SMILES string of the molecule is Cc1nc(N2CCCC(CO)C2)cc2n[nH]c(=O)n12. The quantitative estimate of drug-likeness (QED) is 0.792. The molecule has 0 bridgehead atoms. The first kappa shape index (κ1) is 12.2. The molecule has 0 radical (unpaired) electrons. The highest BCUT2D eigenvalue weighted by molar-refractivity contribution is 5.51. The van der Waals surface area contributed by atoms with Crippen LogP contribution in [0.4, 0.5) is 5.82 Å². The number of aryl methyl sites for hydroxylation is 1. The monoisotopic (exact) mass is 263 g/mol. The second-order valence-electron chi connectivity index (χ2n) is 5.02. The summed E-state index contributed by atoms with van der Waals surface area (Å²) in [6.07, 6.45) is 2.10. The van der Waals surface area contributed by atoms with Crippen molar-refractivity contribution >= 4 is 11.5 Å². The van der Waals surface area contributed by atoms with Crippen LogP contribution in [0.1, 0.15) is 18.7 Å². The molecule has 3 heterocycles. The van der Waals surface area contributed by atoms with Crippen LogP contribution in [-0.2, 0) is 0 Å². The molecule has 2 aromatic rings. The maximum absolute atomic E-state index is 11.5. The second-order valence-corrected chi connectivity index (χ2v) is 5.02. The molecule has 0 saturated carbocycles. The molecule has 0 aromatic carbocycles. The number of piperidine rings is 1. The molecule has 1 aliphatic rings. The van der Waals surface area contributed by atoms with E-state index >= 15 is 0 Å². The number of aromatic nitrogens is 4. The van der Waals surface area contributed by atoms with E-state index in [0.717, 1.165) is 31.7 Å². The highest BCUT2D eigenvalue weighted by Gasteiger charge is 2.21. The van der Waals surface area contributed by atoms with Gasteiger partial charge in [0.1, 0.15) is 11.6 Å². The van der Waals surface area contributed by atoms with E-state index in [2.05, 4.69) is 20.1 Å². The van der Waals surface area contributed by atoms with Crippen molar-refractivity contribution in [3.63, 3.8) is 0 Å². The molecule has 3 rings (SSSR count). The van der Waals surface area contributed by atoms with Gasteiger partial charge in [-0.05, 0) is 25.7 Å². The summed E-state index contributed by atoms with van der Waals surface area (Å²) < 4.78 is 1.46. The van der Waals surface area contributed by atoms with Gasteiger partial charge in [-0.2, -0.15) is 5.10 Å². The molecular weight excluding hydrogens is 246 g/mol. The molecule has 0 aliphatic carbocycles. The standard InChI is InChI=1S/C12H17N5O2/c1-8-13-10(5-11-14-15-12(19)17(8)11)16-4-2-3-9(6-16)7-18/h5,9,18H,2-4,6-7H2,1H3,(H,15,19). The zero-order valence-corrected chi connectivity index (χ0v) is 10.8. The Hall–Kier alpha value is -1.89. The topological polar surface area (TPSA) is 86.5 Å². The van der Waals surface area contributed by atoms with Crippen LogP contribution in [0.5, 0.6) is 0 Å². The van der Waals surface area contributed by atoms with Gasteiger partial charge >= 0.3 is 5.69 Å². The summed E-state index contributed by atoms with van der Waals surface area (Å²) in [6.45, 7) is 3.72.